The lowest BCUT2D eigenvalue weighted by atomic mass is 10.3. The third-order valence-electron chi connectivity index (χ3n) is 2.15. The van der Waals surface area contributed by atoms with Gasteiger partial charge in [0.2, 0.25) is 6.08 Å². The van der Waals surface area contributed by atoms with Crippen LogP contribution in [0.1, 0.15) is 0 Å². The molecule has 84 valence electrons. The highest BCUT2D eigenvalue weighted by Gasteiger charge is 2.11. The smallest absolute Gasteiger partial charge is 0.287 e. The largest absolute Gasteiger partial charge is 0.309 e. The highest BCUT2D eigenvalue weighted by molar-refractivity contribution is 7.16. The van der Waals surface area contributed by atoms with Crippen LogP contribution in [0.15, 0.2) is 21.9 Å². The highest BCUT2D eigenvalue weighted by Crippen LogP contribution is 2.26. The predicted octanol–water partition coefficient (Wildman–Crippen LogP) is 1.80. The zero-order chi connectivity index (χ0) is 12.4. The zero-order valence-electron chi connectivity index (χ0n) is 8.44. The molecule has 0 aliphatic rings. The number of halogens is 1. The molecule has 17 heavy (non-hydrogen) atoms. The molecule has 1 aromatic carbocycles. The average Bonchev–Trinajstić information content (AvgIpc) is 2.57. The Morgan fingerprint density at radius 2 is 2.29 bits per heavy atom. The summed E-state index contributed by atoms with van der Waals surface area (Å²) in [4.78, 5) is 24.6. The van der Waals surface area contributed by atoms with E-state index in [1.807, 2.05) is 0 Å². The van der Waals surface area contributed by atoms with Gasteiger partial charge in [-0.2, -0.15) is 4.99 Å². The maximum absolute atomic E-state index is 13.4. The van der Waals surface area contributed by atoms with Gasteiger partial charge in [-0.25, -0.2) is 9.18 Å². The van der Waals surface area contributed by atoms with Crippen molar-refractivity contribution in [2.45, 2.75) is 6.54 Å². The number of hydrogen-bond acceptors (Lipinski definition) is 4. The third kappa shape index (κ3) is 1.89. The Hall–Kier alpha value is -2.22. The van der Waals surface area contributed by atoms with Crippen LogP contribution in [-0.2, 0) is 11.3 Å². The molecule has 0 unspecified atom stereocenters. The molecular formula is C11H5FN2O2S. The molecule has 0 aliphatic heterocycles. The molecule has 0 fully saturated rings. The van der Waals surface area contributed by atoms with Crippen molar-refractivity contribution in [1.82, 2.24) is 4.57 Å². The highest BCUT2D eigenvalue weighted by atomic mass is 32.1. The second kappa shape index (κ2) is 4.34. The molecule has 0 aliphatic carbocycles. The molecule has 0 atom stereocenters. The minimum atomic E-state index is -0.671. The monoisotopic (exact) mass is 248 g/mol. The number of nitrogens with zero attached hydrogens (tertiary/aromatic N) is 2. The molecule has 1 heterocycles. The van der Waals surface area contributed by atoms with Gasteiger partial charge in [0.1, 0.15) is 5.69 Å². The molecule has 4 nitrogen and oxygen atoms in total. The van der Waals surface area contributed by atoms with Gasteiger partial charge in [0, 0.05) is 0 Å². The van der Waals surface area contributed by atoms with Crippen LogP contribution in [0.3, 0.4) is 0 Å². The van der Waals surface area contributed by atoms with Gasteiger partial charge in [-0.05, 0) is 12.1 Å². The van der Waals surface area contributed by atoms with Gasteiger partial charge in [0.25, 0.3) is 0 Å². The summed E-state index contributed by atoms with van der Waals surface area (Å²) in [5, 5.41) is 0. The average molecular weight is 248 g/mol. The molecule has 2 aromatic rings. The van der Waals surface area contributed by atoms with Gasteiger partial charge in [-0.1, -0.05) is 17.3 Å². The van der Waals surface area contributed by atoms with Gasteiger partial charge in [0.05, 0.1) is 16.8 Å². The lowest BCUT2D eigenvalue weighted by Gasteiger charge is -1.99. The van der Waals surface area contributed by atoms with Crippen LogP contribution in [0.4, 0.5) is 10.1 Å². The number of hydrogen-bond donors (Lipinski definition) is 0. The Bertz CT molecular complexity index is 732. The molecule has 0 N–H and O–H groups in total. The van der Waals surface area contributed by atoms with Crippen LogP contribution in [0.2, 0.25) is 0 Å². The van der Waals surface area contributed by atoms with E-state index in [9.17, 15) is 14.0 Å². The molecule has 0 saturated carbocycles. The van der Waals surface area contributed by atoms with Crippen LogP contribution >= 0.6 is 11.3 Å². The van der Waals surface area contributed by atoms with E-state index in [0.717, 1.165) is 17.4 Å². The number of terminal acetylenes is 1. The van der Waals surface area contributed by atoms with E-state index in [1.54, 1.807) is 0 Å². The summed E-state index contributed by atoms with van der Waals surface area (Å²) < 4.78 is 15.2. The van der Waals surface area contributed by atoms with E-state index in [-0.39, 0.29) is 17.1 Å². The van der Waals surface area contributed by atoms with Crippen molar-refractivity contribution < 1.29 is 9.18 Å². The van der Waals surface area contributed by atoms with Gasteiger partial charge in [-0.3, -0.25) is 9.36 Å². The summed E-state index contributed by atoms with van der Waals surface area (Å²) in [7, 11) is 0. The van der Waals surface area contributed by atoms with E-state index < -0.39 is 5.82 Å². The minimum absolute atomic E-state index is 0.0920. The van der Waals surface area contributed by atoms with E-state index in [2.05, 4.69) is 10.9 Å². The van der Waals surface area contributed by atoms with E-state index in [4.69, 9.17) is 6.42 Å². The fourth-order valence-electron chi connectivity index (χ4n) is 1.45. The van der Waals surface area contributed by atoms with Gasteiger partial charge >= 0.3 is 4.87 Å². The van der Waals surface area contributed by atoms with Crippen molar-refractivity contribution in [1.29, 1.82) is 0 Å². The Labute approximate surface area is 99.0 Å². The van der Waals surface area contributed by atoms with Crippen LogP contribution in [0, 0.1) is 18.2 Å². The third-order valence-corrected chi connectivity index (χ3v) is 3.09. The predicted molar refractivity (Wildman–Crippen MR) is 62.7 cm³/mol. The first-order chi connectivity index (χ1) is 8.17. The van der Waals surface area contributed by atoms with Gasteiger partial charge < -0.3 is 0 Å². The van der Waals surface area contributed by atoms with Crippen molar-refractivity contribution in [2.75, 3.05) is 0 Å². The molecule has 2 rings (SSSR count). The summed E-state index contributed by atoms with van der Waals surface area (Å²) in [5.41, 5.74) is 0.310. The van der Waals surface area contributed by atoms with Gasteiger partial charge in [0.15, 0.2) is 5.82 Å². The first kappa shape index (κ1) is 11.3. The van der Waals surface area contributed by atoms with Crippen molar-refractivity contribution in [3.8, 4) is 12.3 Å². The molecule has 0 saturated heterocycles. The Morgan fingerprint density at radius 3 is 2.94 bits per heavy atom. The second-order valence-corrected chi connectivity index (χ2v) is 4.13. The summed E-state index contributed by atoms with van der Waals surface area (Å²) in [5.74, 6) is 1.67. The standard InChI is InChI=1S/C11H5FN2O2S/c1-2-3-14-9-5-8(13-6-15)7(12)4-10(9)17-11(14)16/h1,4-5H,3H2. The molecule has 0 spiro atoms. The van der Waals surface area contributed by atoms with E-state index in [0.29, 0.717) is 10.2 Å². The molecule has 0 bridgehead atoms. The summed E-state index contributed by atoms with van der Waals surface area (Å²) in [6, 6.07) is 2.47. The quantitative estimate of drug-likeness (QED) is 0.462. The van der Waals surface area contributed by atoms with E-state index >= 15 is 0 Å². The SMILES string of the molecule is C#CCn1c(=O)sc2cc(F)c(N=C=O)cc21. The number of carbonyl (C=O) groups excluding carboxylic acids is 1. The number of rotatable bonds is 2. The first-order valence-corrected chi connectivity index (χ1v) is 5.33. The number of fused-ring (bicyclic) bond motifs is 1. The fraction of sp³-hybridized carbons (Fsp3) is 0.0909. The Kier molecular flexibility index (Phi) is 2.88. The summed E-state index contributed by atoms with van der Waals surface area (Å²) in [6.45, 7) is 0.0920. The molecule has 0 amide bonds. The Morgan fingerprint density at radius 1 is 1.53 bits per heavy atom. The van der Waals surface area contributed by atoms with E-state index in [1.165, 1.54) is 16.7 Å². The normalized spacial score (nSPS) is 9.88. The lowest BCUT2D eigenvalue weighted by molar-refractivity contribution is 0.564. The molecular weight excluding hydrogens is 243 g/mol. The second-order valence-electron chi connectivity index (χ2n) is 3.13. The summed E-state index contributed by atoms with van der Waals surface area (Å²) in [6.07, 6.45) is 6.40. The maximum atomic E-state index is 13.4. The van der Waals surface area contributed by atoms with Crippen molar-refractivity contribution >= 4 is 33.3 Å². The van der Waals surface area contributed by atoms with Crippen molar-refractivity contribution in [3.05, 3.63) is 27.6 Å². The van der Waals surface area contributed by atoms with Crippen LogP contribution in [0.5, 0.6) is 0 Å². The van der Waals surface area contributed by atoms with Crippen LogP contribution in [-0.4, -0.2) is 10.6 Å². The number of isocyanates is 1. The minimum Gasteiger partial charge on any atom is -0.287 e. The number of benzene rings is 1. The maximum Gasteiger partial charge on any atom is 0.309 e. The van der Waals surface area contributed by atoms with Gasteiger partial charge in [-0.15, -0.1) is 6.42 Å². The first-order valence-electron chi connectivity index (χ1n) is 4.51. The molecule has 6 heteroatoms. The number of aliphatic imine (C=N–C) groups is 1. The number of thiazole rings is 1. The fourth-order valence-corrected chi connectivity index (χ4v) is 2.35. The molecule has 1 aromatic heterocycles. The summed E-state index contributed by atoms with van der Waals surface area (Å²) >= 11 is 0.891. The number of aromatic nitrogens is 1. The van der Waals surface area contributed by atoms with Crippen LogP contribution < -0.4 is 4.87 Å². The van der Waals surface area contributed by atoms with Crippen molar-refractivity contribution in [3.63, 3.8) is 0 Å². The molecule has 0 radical (unpaired) electrons. The Balaban J connectivity index is 2.82. The topological polar surface area (TPSA) is 51.4 Å². The zero-order valence-corrected chi connectivity index (χ0v) is 9.25. The lowest BCUT2D eigenvalue weighted by Crippen LogP contribution is -2.11. The van der Waals surface area contributed by atoms with Crippen LogP contribution in [0.25, 0.3) is 10.2 Å². The van der Waals surface area contributed by atoms with Crippen molar-refractivity contribution in [2.24, 2.45) is 4.99 Å².